The Labute approximate surface area is 147 Å². The molecule has 4 rings (SSSR count). The molecule has 0 N–H and O–H groups in total. The van der Waals surface area contributed by atoms with Gasteiger partial charge >= 0.3 is 0 Å². The maximum Gasteiger partial charge on any atom is 0.161 e. The summed E-state index contributed by atoms with van der Waals surface area (Å²) in [6.07, 6.45) is 4.84. The summed E-state index contributed by atoms with van der Waals surface area (Å²) >= 11 is 0. The molecule has 0 fully saturated rings. The van der Waals surface area contributed by atoms with Crippen LogP contribution in [0.15, 0.2) is 54.9 Å². The summed E-state index contributed by atoms with van der Waals surface area (Å²) < 4.78 is 13.0. The number of fused-ring (bicyclic) bond motifs is 1. The molecule has 2 aromatic carbocycles. The minimum Gasteiger partial charge on any atom is -0.493 e. The molecule has 25 heavy (non-hydrogen) atoms. The van der Waals surface area contributed by atoms with Gasteiger partial charge in [0.05, 0.1) is 20.8 Å². The van der Waals surface area contributed by atoms with E-state index < -0.39 is 0 Å². The van der Waals surface area contributed by atoms with Crippen molar-refractivity contribution in [3.63, 3.8) is 0 Å². The third kappa shape index (κ3) is 2.82. The molecule has 0 aliphatic carbocycles. The fourth-order valence-corrected chi connectivity index (χ4v) is 3.37. The molecule has 1 aliphatic rings. The summed E-state index contributed by atoms with van der Waals surface area (Å²) in [4.78, 5) is 4.56. The van der Waals surface area contributed by atoms with Crippen LogP contribution in [0.25, 0.3) is 11.4 Å². The molecule has 2 heterocycles. The number of imidazole rings is 1. The summed E-state index contributed by atoms with van der Waals surface area (Å²) in [6.45, 7) is 1.74. The van der Waals surface area contributed by atoms with Crippen molar-refractivity contribution < 1.29 is 9.47 Å². The minimum atomic E-state index is 0.775. The number of nitrogens with zero attached hydrogens (tertiary/aromatic N) is 3. The van der Waals surface area contributed by atoms with Crippen molar-refractivity contribution in [2.45, 2.75) is 13.0 Å². The zero-order valence-electron chi connectivity index (χ0n) is 14.5. The first-order valence-electron chi connectivity index (χ1n) is 8.38. The predicted octanol–water partition coefficient (Wildman–Crippen LogP) is 3.26. The Hall–Kier alpha value is -2.95. The van der Waals surface area contributed by atoms with Gasteiger partial charge < -0.3 is 14.5 Å². The number of ether oxygens (including phenoxy) is 2. The zero-order valence-corrected chi connectivity index (χ0v) is 14.5. The number of methoxy groups -OCH3 is 2. The molecular formula is C20H21N3O2. The highest BCUT2D eigenvalue weighted by molar-refractivity contribution is 5.56. The minimum absolute atomic E-state index is 0.775. The molecule has 5 nitrogen and oxygen atoms in total. The number of rotatable bonds is 4. The molecule has 0 saturated heterocycles. The fourth-order valence-electron chi connectivity index (χ4n) is 3.37. The molecule has 3 aromatic rings. The Morgan fingerprint density at radius 3 is 2.40 bits per heavy atom. The lowest BCUT2D eigenvalue weighted by Crippen LogP contribution is -2.39. The van der Waals surface area contributed by atoms with Crippen LogP contribution in [0.3, 0.4) is 0 Å². The molecule has 0 atom stereocenters. The fraction of sp³-hybridized carbons (Fsp3) is 0.250. The van der Waals surface area contributed by atoms with Crippen LogP contribution in [-0.2, 0) is 13.0 Å². The summed E-state index contributed by atoms with van der Waals surface area (Å²) in [5.74, 6) is 2.53. The molecular weight excluding hydrogens is 314 g/mol. The molecule has 1 aliphatic heterocycles. The maximum absolute atomic E-state index is 5.46. The lowest BCUT2D eigenvalue weighted by atomic mass is 10.00. The molecule has 128 valence electrons. The smallest absolute Gasteiger partial charge is 0.161 e. The Bertz CT molecular complexity index is 874. The number of hydrogen-bond donors (Lipinski definition) is 0. The molecule has 0 bridgehead atoms. The molecule has 0 radical (unpaired) electrons. The highest BCUT2D eigenvalue weighted by atomic mass is 16.5. The SMILES string of the molecule is COc1cc2c(cc1OC)CN(n1ccnc1-c1ccccc1)CC2. The van der Waals surface area contributed by atoms with Crippen molar-refractivity contribution in [2.75, 3.05) is 25.8 Å². The summed E-state index contributed by atoms with van der Waals surface area (Å²) in [5, 5.41) is 2.31. The molecule has 0 spiro atoms. The molecule has 0 unspecified atom stereocenters. The summed E-state index contributed by atoms with van der Waals surface area (Å²) in [5.41, 5.74) is 3.69. The Morgan fingerprint density at radius 2 is 1.68 bits per heavy atom. The van der Waals surface area contributed by atoms with E-state index in [1.807, 2.05) is 30.6 Å². The molecule has 0 saturated carbocycles. The van der Waals surface area contributed by atoms with E-state index in [1.54, 1.807) is 14.2 Å². The second-order valence-electron chi connectivity index (χ2n) is 6.08. The van der Waals surface area contributed by atoms with Crippen LogP contribution in [0.5, 0.6) is 11.5 Å². The molecule has 5 heteroatoms. The van der Waals surface area contributed by atoms with Crippen molar-refractivity contribution >= 4 is 0 Å². The first-order valence-corrected chi connectivity index (χ1v) is 8.38. The lowest BCUT2D eigenvalue weighted by Gasteiger charge is -2.32. The first-order chi connectivity index (χ1) is 12.3. The van der Waals surface area contributed by atoms with Crippen molar-refractivity contribution in [3.05, 3.63) is 66.0 Å². The van der Waals surface area contributed by atoms with Gasteiger partial charge in [-0.15, -0.1) is 0 Å². The predicted molar refractivity (Wildman–Crippen MR) is 97.7 cm³/mol. The summed E-state index contributed by atoms with van der Waals surface area (Å²) in [6, 6.07) is 14.5. The third-order valence-corrected chi connectivity index (χ3v) is 4.66. The monoisotopic (exact) mass is 335 g/mol. The third-order valence-electron chi connectivity index (χ3n) is 4.66. The van der Waals surface area contributed by atoms with Crippen LogP contribution < -0.4 is 14.5 Å². The van der Waals surface area contributed by atoms with Gasteiger partial charge in [0.25, 0.3) is 0 Å². The highest BCUT2D eigenvalue weighted by Crippen LogP contribution is 2.33. The van der Waals surface area contributed by atoms with Gasteiger partial charge in [0.15, 0.2) is 17.3 Å². The second-order valence-corrected chi connectivity index (χ2v) is 6.08. The highest BCUT2D eigenvalue weighted by Gasteiger charge is 2.21. The summed E-state index contributed by atoms with van der Waals surface area (Å²) in [7, 11) is 3.35. The zero-order chi connectivity index (χ0) is 17.2. The van der Waals surface area contributed by atoms with Crippen LogP contribution in [0.2, 0.25) is 0 Å². The standard InChI is InChI=1S/C20H21N3O2/c1-24-18-12-16-8-10-22(14-17(16)13-19(18)25-2)23-11-9-21-20(23)15-6-4-3-5-7-15/h3-7,9,11-13H,8,10,14H2,1-2H3. The van der Waals surface area contributed by atoms with E-state index in [2.05, 4.69) is 38.9 Å². The Balaban J connectivity index is 1.67. The topological polar surface area (TPSA) is 39.5 Å². The van der Waals surface area contributed by atoms with Crippen LogP contribution in [-0.4, -0.2) is 30.4 Å². The van der Waals surface area contributed by atoms with Crippen molar-refractivity contribution in [1.29, 1.82) is 0 Å². The van der Waals surface area contributed by atoms with Crippen molar-refractivity contribution in [2.24, 2.45) is 0 Å². The van der Waals surface area contributed by atoms with Crippen molar-refractivity contribution in [3.8, 4) is 22.9 Å². The van der Waals surface area contributed by atoms with Crippen LogP contribution in [0.1, 0.15) is 11.1 Å². The average molecular weight is 335 g/mol. The Morgan fingerprint density at radius 1 is 0.960 bits per heavy atom. The van der Waals surface area contributed by atoms with Gasteiger partial charge in [0.2, 0.25) is 0 Å². The molecule has 0 amide bonds. The molecule has 1 aromatic heterocycles. The van der Waals surface area contributed by atoms with Gasteiger partial charge in [-0.1, -0.05) is 30.3 Å². The van der Waals surface area contributed by atoms with Gasteiger partial charge in [0, 0.05) is 24.5 Å². The van der Waals surface area contributed by atoms with Gasteiger partial charge in [-0.25, -0.2) is 9.66 Å². The van der Waals surface area contributed by atoms with E-state index in [0.717, 1.165) is 42.4 Å². The van der Waals surface area contributed by atoms with Gasteiger partial charge in [-0.3, -0.25) is 0 Å². The van der Waals surface area contributed by atoms with E-state index in [4.69, 9.17) is 9.47 Å². The van der Waals surface area contributed by atoms with Crippen LogP contribution in [0.4, 0.5) is 0 Å². The van der Waals surface area contributed by atoms with Crippen LogP contribution in [0, 0.1) is 0 Å². The van der Waals surface area contributed by atoms with E-state index in [-0.39, 0.29) is 0 Å². The Kier molecular flexibility index (Phi) is 4.06. The van der Waals surface area contributed by atoms with Crippen LogP contribution >= 0.6 is 0 Å². The second kappa shape index (κ2) is 6.51. The van der Waals surface area contributed by atoms with E-state index in [0.29, 0.717) is 0 Å². The normalized spacial score (nSPS) is 13.4. The van der Waals surface area contributed by atoms with Crippen molar-refractivity contribution in [1.82, 2.24) is 9.66 Å². The van der Waals surface area contributed by atoms with Gasteiger partial charge in [-0.2, -0.15) is 0 Å². The maximum atomic E-state index is 5.46. The first kappa shape index (κ1) is 15.6. The lowest BCUT2D eigenvalue weighted by molar-refractivity contribution is 0.353. The van der Waals surface area contributed by atoms with Gasteiger partial charge in [-0.05, 0) is 29.7 Å². The quantitative estimate of drug-likeness (QED) is 0.734. The van der Waals surface area contributed by atoms with E-state index in [9.17, 15) is 0 Å². The number of benzene rings is 2. The van der Waals surface area contributed by atoms with E-state index >= 15 is 0 Å². The van der Waals surface area contributed by atoms with Gasteiger partial charge in [0.1, 0.15) is 0 Å². The number of hydrogen-bond acceptors (Lipinski definition) is 4. The van der Waals surface area contributed by atoms with E-state index in [1.165, 1.54) is 11.1 Å². The number of aromatic nitrogens is 2. The average Bonchev–Trinajstić information content (AvgIpc) is 3.17. The largest absolute Gasteiger partial charge is 0.493 e.